The Bertz CT molecular complexity index is 696. The normalized spacial score (nSPS) is 11.0. The lowest BCUT2D eigenvalue weighted by Crippen LogP contribution is -1.93. The number of benzene rings is 2. The summed E-state index contributed by atoms with van der Waals surface area (Å²) in [6, 6.07) is 14.5. The minimum absolute atomic E-state index is 0.732. The molecule has 19 heavy (non-hydrogen) atoms. The molecule has 0 atom stereocenters. The van der Waals surface area contributed by atoms with E-state index >= 15 is 0 Å². The van der Waals surface area contributed by atoms with E-state index in [-0.39, 0.29) is 0 Å². The van der Waals surface area contributed by atoms with E-state index in [1.807, 2.05) is 18.2 Å². The summed E-state index contributed by atoms with van der Waals surface area (Å²) in [5.41, 5.74) is 11.2. The number of anilines is 1. The minimum atomic E-state index is 0.732. The van der Waals surface area contributed by atoms with Crippen molar-refractivity contribution in [1.82, 2.24) is 9.97 Å². The molecule has 0 spiro atoms. The van der Waals surface area contributed by atoms with E-state index in [4.69, 9.17) is 5.73 Å². The van der Waals surface area contributed by atoms with Gasteiger partial charge in [0.1, 0.15) is 11.3 Å². The molecule has 1 aromatic heterocycles. The molecule has 0 unspecified atom stereocenters. The molecular formula is C16H17N3. The van der Waals surface area contributed by atoms with E-state index in [9.17, 15) is 0 Å². The Hall–Kier alpha value is -2.29. The number of hydrogen-bond acceptors (Lipinski definition) is 2. The summed E-state index contributed by atoms with van der Waals surface area (Å²) < 4.78 is 0. The van der Waals surface area contributed by atoms with Gasteiger partial charge < -0.3 is 10.7 Å². The van der Waals surface area contributed by atoms with Crippen molar-refractivity contribution in [3.63, 3.8) is 0 Å². The van der Waals surface area contributed by atoms with Crippen LogP contribution in [0.3, 0.4) is 0 Å². The van der Waals surface area contributed by atoms with Gasteiger partial charge in [0.2, 0.25) is 0 Å². The third-order valence-electron chi connectivity index (χ3n) is 3.36. The number of H-pyrrole nitrogens is 1. The largest absolute Gasteiger partial charge is 0.397 e. The van der Waals surface area contributed by atoms with Crippen LogP contribution in [0.15, 0.2) is 42.5 Å². The van der Waals surface area contributed by atoms with Crippen LogP contribution in [-0.2, 0) is 12.8 Å². The molecule has 0 radical (unpaired) electrons. The number of fused-ring (bicyclic) bond motifs is 1. The zero-order valence-corrected chi connectivity index (χ0v) is 11.0. The predicted molar refractivity (Wildman–Crippen MR) is 79.1 cm³/mol. The third-order valence-corrected chi connectivity index (χ3v) is 3.36. The number of aromatic amines is 1. The minimum Gasteiger partial charge on any atom is -0.397 e. The maximum atomic E-state index is 5.91. The number of nitrogens with one attached hydrogen (secondary N) is 1. The first-order valence-electron chi connectivity index (χ1n) is 6.51. The SMILES string of the molecule is Cc1ccc(CCc2nc3c(N)cccc3[nH]2)cc1. The summed E-state index contributed by atoms with van der Waals surface area (Å²) >= 11 is 0. The fourth-order valence-corrected chi connectivity index (χ4v) is 2.24. The van der Waals surface area contributed by atoms with Crippen molar-refractivity contribution in [2.24, 2.45) is 0 Å². The Morgan fingerprint density at radius 2 is 1.84 bits per heavy atom. The van der Waals surface area contributed by atoms with Gasteiger partial charge in [-0.15, -0.1) is 0 Å². The molecule has 0 saturated heterocycles. The van der Waals surface area contributed by atoms with E-state index in [1.165, 1.54) is 11.1 Å². The molecule has 96 valence electrons. The van der Waals surface area contributed by atoms with E-state index in [1.54, 1.807) is 0 Å². The van der Waals surface area contributed by atoms with Crippen molar-refractivity contribution in [3.8, 4) is 0 Å². The van der Waals surface area contributed by atoms with Gasteiger partial charge >= 0.3 is 0 Å². The van der Waals surface area contributed by atoms with Gasteiger partial charge in [-0.25, -0.2) is 4.98 Å². The van der Waals surface area contributed by atoms with Gasteiger partial charge in [0.25, 0.3) is 0 Å². The molecule has 0 saturated carbocycles. The van der Waals surface area contributed by atoms with E-state index in [0.29, 0.717) is 0 Å². The maximum absolute atomic E-state index is 5.91. The van der Waals surface area contributed by atoms with Crippen molar-refractivity contribution >= 4 is 16.7 Å². The summed E-state index contributed by atoms with van der Waals surface area (Å²) in [7, 11) is 0. The molecule has 0 bridgehead atoms. The number of hydrogen-bond donors (Lipinski definition) is 2. The number of aryl methyl sites for hydroxylation is 3. The zero-order chi connectivity index (χ0) is 13.2. The number of nitrogens with zero attached hydrogens (tertiary/aromatic N) is 1. The predicted octanol–water partition coefficient (Wildman–Crippen LogP) is 3.24. The lowest BCUT2D eigenvalue weighted by molar-refractivity contribution is 0.890. The van der Waals surface area contributed by atoms with Crippen LogP contribution in [-0.4, -0.2) is 9.97 Å². The molecule has 0 aliphatic heterocycles. The van der Waals surface area contributed by atoms with Gasteiger partial charge in [0, 0.05) is 6.42 Å². The highest BCUT2D eigenvalue weighted by Gasteiger charge is 2.05. The molecule has 3 aromatic rings. The molecule has 3 N–H and O–H groups in total. The summed E-state index contributed by atoms with van der Waals surface area (Å²) in [6.45, 7) is 2.10. The number of nitrogen functional groups attached to an aromatic ring is 1. The second kappa shape index (κ2) is 4.76. The van der Waals surface area contributed by atoms with Gasteiger partial charge in [-0.05, 0) is 31.0 Å². The number of aromatic nitrogens is 2. The first kappa shape index (κ1) is 11.8. The summed E-state index contributed by atoms with van der Waals surface area (Å²) in [6.07, 6.45) is 1.89. The molecule has 3 heteroatoms. The number of rotatable bonds is 3. The number of nitrogens with two attached hydrogens (primary N) is 1. The average Bonchev–Trinajstić information content (AvgIpc) is 2.83. The summed E-state index contributed by atoms with van der Waals surface area (Å²) in [5, 5.41) is 0. The van der Waals surface area contributed by atoms with Gasteiger partial charge in [-0.2, -0.15) is 0 Å². The van der Waals surface area contributed by atoms with Crippen molar-refractivity contribution in [2.75, 3.05) is 5.73 Å². The molecule has 0 aliphatic carbocycles. The Balaban J connectivity index is 1.78. The van der Waals surface area contributed by atoms with E-state index in [0.717, 1.165) is 35.4 Å². The van der Waals surface area contributed by atoms with E-state index in [2.05, 4.69) is 41.2 Å². The van der Waals surface area contributed by atoms with Gasteiger partial charge in [0.05, 0.1) is 11.2 Å². The van der Waals surface area contributed by atoms with Gasteiger partial charge in [-0.3, -0.25) is 0 Å². The van der Waals surface area contributed by atoms with Crippen molar-refractivity contribution in [3.05, 3.63) is 59.4 Å². The summed E-state index contributed by atoms with van der Waals surface area (Å²) in [4.78, 5) is 7.89. The highest BCUT2D eigenvalue weighted by atomic mass is 14.9. The fourth-order valence-electron chi connectivity index (χ4n) is 2.24. The Kier molecular flexibility index (Phi) is 2.95. The molecule has 3 rings (SSSR count). The second-order valence-corrected chi connectivity index (χ2v) is 4.91. The number of imidazole rings is 1. The van der Waals surface area contributed by atoms with Gasteiger partial charge in [0.15, 0.2) is 0 Å². The van der Waals surface area contributed by atoms with Crippen LogP contribution in [0.5, 0.6) is 0 Å². The van der Waals surface area contributed by atoms with Crippen LogP contribution in [0, 0.1) is 6.92 Å². The van der Waals surface area contributed by atoms with Crippen molar-refractivity contribution < 1.29 is 0 Å². The molecule has 0 fully saturated rings. The van der Waals surface area contributed by atoms with Crippen LogP contribution >= 0.6 is 0 Å². The standard InChI is InChI=1S/C16H17N3/c1-11-5-7-12(8-6-11)9-10-15-18-14-4-2-3-13(17)16(14)19-15/h2-8H,9-10,17H2,1H3,(H,18,19). The first-order chi connectivity index (χ1) is 9.22. The molecule has 3 nitrogen and oxygen atoms in total. The van der Waals surface area contributed by atoms with Crippen LogP contribution in [0.1, 0.15) is 17.0 Å². The second-order valence-electron chi connectivity index (χ2n) is 4.91. The topological polar surface area (TPSA) is 54.7 Å². The summed E-state index contributed by atoms with van der Waals surface area (Å²) in [5.74, 6) is 0.994. The highest BCUT2D eigenvalue weighted by molar-refractivity contribution is 5.86. The smallest absolute Gasteiger partial charge is 0.111 e. The quantitative estimate of drug-likeness (QED) is 0.702. The Morgan fingerprint density at radius 1 is 1.05 bits per heavy atom. The highest BCUT2D eigenvalue weighted by Crippen LogP contribution is 2.18. The Morgan fingerprint density at radius 3 is 2.58 bits per heavy atom. The van der Waals surface area contributed by atoms with Crippen LogP contribution < -0.4 is 5.73 Å². The van der Waals surface area contributed by atoms with Crippen molar-refractivity contribution in [1.29, 1.82) is 0 Å². The molecule has 0 amide bonds. The third kappa shape index (κ3) is 2.45. The lowest BCUT2D eigenvalue weighted by Gasteiger charge is -1.99. The average molecular weight is 251 g/mol. The van der Waals surface area contributed by atoms with Gasteiger partial charge in [-0.1, -0.05) is 35.9 Å². The molecule has 2 aromatic carbocycles. The van der Waals surface area contributed by atoms with Crippen molar-refractivity contribution in [2.45, 2.75) is 19.8 Å². The molecular weight excluding hydrogens is 234 g/mol. The lowest BCUT2D eigenvalue weighted by atomic mass is 10.1. The monoisotopic (exact) mass is 251 g/mol. The number of para-hydroxylation sites is 1. The van der Waals surface area contributed by atoms with E-state index < -0.39 is 0 Å². The van der Waals surface area contributed by atoms with Crippen LogP contribution in [0.4, 0.5) is 5.69 Å². The zero-order valence-electron chi connectivity index (χ0n) is 11.0. The molecule has 0 aliphatic rings. The van der Waals surface area contributed by atoms with Crippen LogP contribution in [0.2, 0.25) is 0 Å². The Labute approximate surface area is 112 Å². The fraction of sp³-hybridized carbons (Fsp3) is 0.188. The van der Waals surface area contributed by atoms with Crippen LogP contribution in [0.25, 0.3) is 11.0 Å². The first-order valence-corrected chi connectivity index (χ1v) is 6.51. The molecule has 1 heterocycles. The maximum Gasteiger partial charge on any atom is 0.111 e.